The summed E-state index contributed by atoms with van der Waals surface area (Å²) < 4.78 is 0. The maximum absolute atomic E-state index is 10.1. The molecular weight excluding hydrogens is 184 g/mol. The fraction of sp³-hybridized carbons (Fsp3) is 0.714. The van der Waals surface area contributed by atoms with E-state index < -0.39 is 5.60 Å². The molecule has 0 aromatic carbocycles. The maximum Gasteiger partial charge on any atom is 0.0802 e. The maximum atomic E-state index is 10.1. The van der Waals surface area contributed by atoms with Crippen LogP contribution >= 0.6 is 0 Å². The van der Waals surface area contributed by atoms with E-state index in [1.165, 1.54) is 6.42 Å². The van der Waals surface area contributed by atoms with Crippen LogP contribution in [0, 0.1) is 11.8 Å². The first-order chi connectivity index (χ1) is 7.01. The molecule has 1 heteroatoms. The first-order valence-corrected chi connectivity index (χ1v) is 6.08. The van der Waals surface area contributed by atoms with Gasteiger partial charge in [-0.3, -0.25) is 0 Å². The topological polar surface area (TPSA) is 20.2 Å². The normalized spacial score (nSPS) is 37.5. The van der Waals surface area contributed by atoms with Gasteiger partial charge in [0.25, 0.3) is 0 Å². The van der Waals surface area contributed by atoms with Crippen molar-refractivity contribution in [2.45, 2.75) is 52.1 Å². The molecule has 86 valence electrons. The molecule has 1 rings (SSSR count). The van der Waals surface area contributed by atoms with E-state index in [1.54, 1.807) is 0 Å². The fourth-order valence-corrected chi connectivity index (χ4v) is 1.97. The van der Waals surface area contributed by atoms with Gasteiger partial charge in [-0.25, -0.2) is 0 Å². The second-order valence-electron chi connectivity index (χ2n) is 5.21. The van der Waals surface area contributed by atoms with E-state index in [0.29, 0.717) is 11.8 Å². The number of hydrogen-bond donors (Lipinski definition) is 1. The van der Waals surface area contributed by atoms with Gasteiger partial charge in [-0.05, 0) is 44.4 Å². The molecular formula is C14H24O. The number of rotatable bonds is 1. The average molecular weight is 208 g/mol. The van der Waals surface area contributed by atoms with Crippen LogP contribution in [-0.4, -0.2) is 10.7 Å². The van der Waals surface area contributed by atoms with Crippen LogP contribution < -0.4 is 0 Å². The van der Waals surface area contributed by atoms with Gasteiger partial charge in [-0.1, -0.05) is 38.2 Å². The van der Waals surface area contributed by atoms with Crippen molar-refractivity contribution in [3.8, 4) is 0 Å². The van der Waals surface area contributed by atoms with Gasteiger partial charge in [0.15, 0.2) is 0 Å². The first kappa shape index (κ1) is 12.5. The van der Waals surface area contributed by atoms with Gasteiger partial charge in [-0.2, -0.15) is 0 Å². The Morgan fingerprint density at radius 2 is 1.93 bits per heavy atom. The van der Waals surface area contributed by atoms with E-state index in [2.05, 4.69) is 32.1 Å². The molecule has 0 heterocycles. The lowest BCUT2D eigenvalue weighted by atomic mass is 9.87. The minimum absolute atomic E-state index is 0.597. The Morgan fingerprint density at radius 3 is 2.60 bits per heavy atom. The highest BCUT2D eigenvalue weighted by atomic mass is 16.3. The van der Waals surface area contributed by atoms with Gasteiger partial charge < -0.3 is 5.11 Å². The van der Waals surface area contributed by atoms with Crippen LogP contribution in [0.4, 0.5) is 0 Å². The lowest BCUT2D eigenvalue weighted by Crippen LogP contribution is -2.21. The monoisotopic (exact) mass is 208 g/mol. The number of aliphatic hydroxyl groups is 1. The lowest BCUT2D eigenvalue weighted by molar-refractivity contribution is 0.102. The van der Waals surface area contributed by atoms with Crippen molar-refractivity contribution in [2.24, 2.45) is 11.8 Å². The third kappa shape index (κ3) is 4.65. The van der Waals surface area contributed by atoms with E-state index in [1.807, 2.05) is 13.0 Å². The summed E-state index contributed by atoms with van der Waals surface area (Å²) >= 11 is 0. The summed E-state index contributed by atoms with van der Waals surface area (Å²) in [5, 5.41) is 10.1. The van der Waals surface area contributed by atoms with Crippen molar-refractivity contribution < 1.29 is 5.11 Å². The van der Waals surface area contributed by atoms with Crippen LogP contribution in [0.3, 0.4) is 0 Å². The standard InChI is InChI=1S/C14H24O/c1-12(2)13-8-6-4-5-7-10-14(3,15)11-9-13/h4-5,9,11-13,15H,6-8,10H2,1-3H3/b5-4+,11-9+/t13-,14+/m0/s1. The second-order valence-corrected chi connectivity index (χ2v) is 5.21. The molecule has 0 aromatic rings. The Kier molecular flexibility index (Phi) is 4.59. The predicted molar refractivity (Wildman–Crippen MR) is 65.7 cm³/mol. The molecule has 1 aliphatic rings. The van der Waals surface area contributed by atoms with E-state index in [0.717, 1.165) is 19.3 Å². The Morgan fingerprint density at radius 1 is 1.27 bits per heavy atom. The predicted octanol–water partition coefficient (Wildman–Crippen LogP) is 3.70. The highest BCUT2D eigenvalue weighted by Crippen LogP contribution is 2.23. The molecule has 2 atom stereocenters. The van der Waals surface area contributed by atoms with Crippen molar-refractivity contribution in [3.63, 3.8) is 0 Å². The number of hydrogen-bond acceptors (Lipinski definition) is 1. The van der Waals surface area contributed by atoms with Crippen LogP contribution in [-0.2, 0) is 0 Å². The van der Waals surface area contributed by atoms with Crippen molar-refractivity contribution in [2.75, 3.05) is 0 Å². The van der Waals surface area contributed by atoms with Gasteiger partial charge in [0.2, 0.25) is 0 Å². The summed E-state index contributed by atoms with van der Waals surface area (Å²) in [4.78, 5) is 0. The molecule has 1 nitrogen and oxygen atoms in total. The van der Waals surface area contributed by atoms with Gasteiger partial charge in [0, 0.05) is 0 Å². The lowest BCUT2D eigenvalue weighted by Gasteiger charge is -2.22. The molecule has 0 aliphatic heterocycles. The Bertz CT molecular complexity index is 236. The zero-order valence-corrected chi connectivity index (χ0v) is 10.2. The zero-order chi connectivity index (χ0) is 11.3. The zero-order valence-electron chi connectivity index (χ0n) is 10.2. The van der Waals surface area contributed by atoms with Crippen molar-refractivity contribution in [1.82, 2.24) is 0 Å². The molecule has 1 aliphatic carbocycles. The molecule has 0 aromatic heterocycles. The number of allylic oxidation sites excluding steroid dienone is 3. The molecule has 0 saturated heterocycles. The molecule has 0 fully saturated rings. The van der Waals surface area contributed by atoms with Crippen molar-refractivity contribution in [1.29, 1.82) is 0 Å². The van der Waals surface area contributed by atoms with Gasteiger partial charge in [-0.15, -0.1) is 0 Å². The minimum Gasteiger partial charge on any atom is -0.386 e. The summed E-state index contributed by atoms with van der Waals surface area (Å²) in [7, 11) is 0. The molecule has 0 bridgehead atoms. The summed E-state index contributed by atoms with van der Waals surface area (Å²) in [5.41, 5.74) is -0.630. The van der Waals surface area contributed by atoms with Crippen LogP contribution in [0.25, 0.3) is 0 Å². The summed E-state index contributed by atoms with van der Waals surface area (Å²) in [6, 6.07) is 0. The largest absolute Gasteiger partial charge is 0.386 e. The molecule has 0 radical (unpaired) electrons. The highest BCUT2D eigenvalue weighted by molar-refractivity contribution is 5.04. The molecule has 0 saturated carbocycles. The Hall–Kier alpha value is -0.560. The summed E-state index contributed by atoms with van der Waals surface area (Å²) in [5.74, 6) is 1.25. The van der Waals surface area contributed by atoms with Crippen LogP contribution in [0.2, 0.25) is 0 Å². The van der Waals surface area contributed by atoms with Crippen LogP contribution in [0.15, 0.2) is 24.3 Å². The van der Waals surface area contributed by atoms with Crippen LogP contribution in [0.5, 0.6) is 0 Å². The molecule has 1 N–H and O–H groups in total. The minimum atomic E-state index is -0.630. The Labute approximate surface area is 93.9 Å². The molecule has 0 unspecified atom stereocenters. The molecule has 0 spiro atoms. The Balaban J connectivity index is 2.71. The van der Waals surface area contributed by atoms with Gasteiger partial charge in [0.1, 0.15) is 0 Å². The van der Waals surface area contributed by atoms with Gasteiger partial charge >= 0.3 is 0 Å². The van der Waals surface area contributed by atoms with E-state index in [-0.39, 0.29) is 0 Å². The summed E-state index contributed by atoms with van der Waals surface area (Å²) in [6.45, 7) is 6.40. The smallest absolute Gasteiger partial charge is 0.0802 e. The third-order valence-corrected chi connectivity index (χ3v) is 3.21. The molecule has 15 heavy (non-hydrogen) atoms. The van der Waals surface area contributed by atoms with Crippen molar-refractivity contribution >= 4 is 0 Å². The van der Waals surface area contributed by atoms with Crippen molar-refractivity contribution in [3.05, 3.63) is 24.3 Å². The first-order valence-electron chi connectivity index (χ1n) is 6.08. The van der Waals surface area contributed by atoms with E-state index in [4.69, 9.17) is 0 Å². The average Bonchev–Trinajstić information content (AvgIpc) is 2.14. The quantitative estimate of drug-likeness (QED) is 0.651. The van der Waals surface area contributed by atoms with Gasteiger partial charge in [0.05, 0.1) is 5.60 Å². The second kappa shape index (κ2) is 5.50. The van der Waals surface area contributed by atoms with E-state index in [9.17, 15) is 5.11 Å². The third-order valence-electron chi connectivity index (χ3n) is 3.21. The van der Waals surface area contributed by atoms with Crippen LogP contribution in [0.1, 0.15) is 46.5 Å². The van der Waals surface area contributed by atoms with E-state index >= 15 is 0 Å². The summed E-state index contributed by atoms with van der Waals surface area (Å²) in [6.07, 6.45) is 12.8. The fourth-order valence-electron chi connectivity index (χ4n) is 1.97. The highest BCUT2D eigenvalue weighted by Gasteiger charge is 2.17. The SMILES string of the molecule is CC(C)[C@@H]1/C=C/[C@](C)(O)CC/C=C/CC1. The molecule has 0 amide bonds.